The van der Waals surface area contributed by atoms with Crippen LogP contribution in [-0.2, 0) is 0 Å². The zero-order valence-electron chi connectivity index (χ0n) is 14.3. The Labute approximate surface area is 125 Å². The predicted octanol–water partition coefficient (Wildman–Crippen LogP) is 3.93. The number of aliphatic hydroxyl groups is 1. The Morgan fingerprint density at radius 2 is 1.80 bits per heavy atom. The first-order valence-corrected chi connectivity index (χ1v) is 8.60. The molecule has 0 radical (unpaired) electrons. The molecule has 0 spiro atoms. The predicted molar refractivity (Wildman–Crippen MR) is 85.7 cm³/mol. The molecule has 1 heterocycles. The van der Waals surface area contributed by atoms with Crippen molar-refractivity contribution in [2.24, 2.45) is 22.7 Å². The molecule has 2 heteroatoms. The van der Waals surface area contributed by atoms with Gasteiger partial charge in [-0.15, -0.1) is 0 Å². The van der Waals surface area contributed by atoms with Gasteiger partial charge in [0, 0.05) is 6.54 Å². The maximum absolute atomic E-state index is 10.5. The van der Waals surface area contributed by atoms with Crippen LogP contribution in [0.15, 0.2) is 0 Å². The second-order valence-corrected chi connectivity index (χ2v) is 9.03. The van der Waals surface area contributed by atoms with E-state index in [0.29, 0.717) is 11.3 Å². The van der Waals surface area contributed by atoms with Crippen molar-refractivity contribution in [3.63, 3.8) is 0 Å². The van der Waals surface area contributed by atoms with Crippen molar-refractivity contribution in [3.8, 4) is 0 Å². The lowest BCUT2D eigenvalue weighted by molar-refractivity contribution is 0.0327. The normalized spacial score (nSPS) is 36.0. The van der Waals surface area contributed by atoms with Crippen molar-refractivity contribution >= 4 is 0 Å². The van der Waals surface area contributed by atoms with Gasteiger partial charge < -0.3 is 10.0 Å². The second-order valence-electron chi connectivity index (χ2n) is 9.03. The largest absolute Gasteiger partial charge is 0.392 e. The molecule has 0 bridgehead atoms. The van der Waals surface area contributed by atoms with Gasteiger partial charge in [-0.3, -0.25) is 0 Å². The third-order valence-corrected chi connectivity index (χ3v) is 5.94. The van der Waals surface area contributed by atoms with Gasteiger partial charge in [0.05, 0.1) is 6.10 Å². The van der Waals surface area contributed by atoms with Gasteiger partial charge in [0.1, 0.15) is 0 Å². The Balaban J connectivity index is 1.86. The molecule has 1 aliphatic carbocycles. The summed E-state index contributed by atoms with van der Waals surface area (Å²) in [5, 5.41) is 10.5. The van der Waals surface area contributed by atoms with E-state index in [1.165, 1.54) is 45.2 Å². The van der Waals surface area contributed by atoms with Crippen LogP contribution in [0.4, 0.5) is 0 Å². The SMILES string of the molecule is CC(C)(C)C1CCCN(CC2CCC(C)(C)C2O)CC1. The number of aliphatic hydroxyl groups excluding tert-OH is 1. The minimum absolute atomic E-state index is 0.107. The maximum Gasteiger partial charge on any atom is 0.0631 e. The van der Waals surface area contributed by atoms with Crippen LogP contribution in [0.25, 0.3) is 0 Å². The Morgan fingerprint density at radius 3 is 2.35 bits per heavy atom. The van der Waals surface area contributed by atoms with E-state index in [4.69, 9.17) is 0 Å². The zero-order chi connectivity index (χ0) is 15.0. The van der Waals surface area contributed by atoms with Crippen molar-refractivity contribution in [1.82, 2.24) is 4.90 Å². The topological polar surface area (TPSA) is 23.5 Å². The van der Waals surface area contributed by atoms with Crippen LogP contribution in [0.5, 0.6) is 0 Å². The Kier molecular flexibility index (Phi) is 4.86. The van der Waals surface area contributed by atoms with Gasteiger partial charge in [-0.2, -0.15) is 0 Å². The standard InChI is InChI=1S/C18H35NO/c1-17(2,3)15-7-6-11-19(12-9-15)13-14-8-10-18(4,5)16(14)20/h14-16,20H,6-13H2,1-5H3. The highest BCUT2D eigenvalue weighted by molar-refractivity contribution is 4.92. The van der Waals surface area contributed by atoms with Gasteiger partial charge in [0.15, 0.2) is 0 Å². The summed E-state index contributed by atoms with van der Waals surface area (Å²) in [5.74, 6) is 1.36. The third-order valence-electron chi connectivity index (χ3n) is 5.94. The molecule has 1 aliphatic heterocycles. The molecule has 2 rings (SSSR count). The van der Waals surface area contributed by atoms with Crippen LogP contribution in [0.2, 0.25) is 0 Å². The van der Waals surface area contributed by atoms with Crippen LogP contribution in [0, 0.1) is 22.7 Å². The van der Waals surface area contributed by atoms with Gasteiger partial charge in [-0.25, -0.2) is 0 Å². The molecule has 3 atom stereocenters. The van der Waals surface area contributed by atoms with Crippen LogP contribution >= 0.6 is 0 Å². The van der Waals surface area contributed by atoms with Gasteiger partial charge in [-0.05, 0) is 67.9 Å². The summed E-state index contributed by atoms with van der Waals surface area (Å²) >= 11 is 0. The van der Waals surface area contributed by atoms with Crippen LogP contribution in [0.1, 0.15) is 66.7 Å². The summed E-state index contributed by atoms with van der Waals surface area (Å²) in [4.78, 5) is 2.63. The molecule has 0 amide bonds. The summed E-state index contributed by atoms with van der Waals surface area (Å²) in [6, 6.07) is 0. The fraction of sp³-hybridized carbons (Fsp3) is 1.00. The van der Waals surface area contributed by atoms with Crippen molar-refractivity contribution < 1.29 is 5.11 Å². The molecule has 1 N–H and O–H groups in total. The second kappa shape index (κ2) is 5.96. The summed E-state index contributed by atoms with van der Waals surface area (Å²) in [5.41, 5.74) is 0.579. The molecular formula is C18H35NO. The third kappa shape index (κ3) is 3.76. The van der Waals surface area contributed by atoms with Gasteiger partial charge in [0.25, 0.3) is 0 Å². The van der Waals surface area contributed by atoms with E-state index in [2.05, 4.69) is 39.5 Å². The highest BCUT2D eigenvalue weighted by Crippen LogP contribution is 2.42. The minimum atomic E-state index is -0.107. The fourth-order valence-corrected chi connectivity index (χ4v) is 4.23. The molecule has 2 fully saturated rings. The number of likely N-dealkylation sites (tertiary alicyclic amines) is 1. The Bertz CT molecular complexity index is 318. The van der Waals surface area contributed by atoms with E-state index in [-0.39, 0.29) is 11.5 Å². The first-order valence-electron chi connectivity index (χ1n) is 8.60. The lowest BCUT2D eigenvalue weighted by Gasteiger charge is -2.31. The molecule has 2 nitrogen and oxygen atoms in total. The lowest BCUT2D eigenvalue weighted by atomic mass is 9.77. The summed E-state index contributed by atoms with van der Waals surface area (Å²) < 4.78 is 0. The molecule has 2 aliphatic rings. The van der Waals surface area contributed by atoms with E-state index >= 15 is 0 Å². The Morgan fingerprint density at radius 1 is 1.10 bits per heavy atom. The quantitative estimate of drug-likeness (QED) is 0.829. The maximum atomic E-state index is 10.5. The molecule has 20 heavy (non-hydrogen) atoms. The number of nitrogens with zero attached hydrogens (tertiary/aromatic N) is 1. The van der Waals surface area contributed by atoms with E-state index in [0.717, 1.165) is 12.5 Å². The molecule has 0 aromatic carbocycles. The number of hydrogen-bond donors (Lipinski definition) is 1. The van der Waals surface area contributed by atoms with Gasteiger partial charge >= 0.3 is 0 Å². The van der Waals surface area contributed by atoms with Crippen molar-refractivity contribution in [2.45, 2.75) is 72.8 Å². The van der Waals surface area contributed by atoms with Crippen molar-refractivity contribution in [3.05, 3.63) is 0 Å². The monoisotopic (exact) mass is 281 g/mol. The van der Waals surface area contributed by atoms with E-state index in [1.54, 1.807) is 0 Å². The molecule has 118 valence electrons. The first kappa shape index (κ1) is 16.3. The first-order chi connectivity index (χ1) is 9.20. The molecule has 0 aromatic rings. The number of rotatable bonds is 2. The smallest absolute Gasteiger partial charge is 0.0631 e. The van der Waals surface area contributed by atoms with Crippen LogP contribution in [-0.4, -0.2) is 35.7 Å². The molecule has 3 unspecified atom stereocenters. The highest BCUT2D eigenvalue weighted by atomic mass is 16.3. The lowest BCUT2D eigenvalue weighted by Crippen LogP contribution is -2.37. The van der Waals surface area contributed by atoms with Gasteiger partial charge in [0.2, 0.25) is 0 Å². The van der Waals surface area contributed by atoms with Crippen LogP contribution in [0.3, 0.4) is 0 Å². The van der Waals surface area contributed by atoms with Crippen molar-refractivity contribution in [1.29, 1.82) is 0 Å². The summed E-state index contributed by atoms with van der Waals surface area (Å²) in [6.07, 6.45) is 6.30. The molecule has 1 saturated carbocycles. The average Bonchev–Trinajstić information content (AvgIpc) is 2.56. The Hall–Kier alpha value is -0.0800. The average molecular weight is 281 g/mol. The molecule has 1 saturated heterocycles. The van der Waals surface area contributed by atoms with Crippen LogP contribution < -0.4 is 0 Å². The summed E-state index contributed by atoms with van der Waals surface area (Å²) in [6.45, 7) is 15.2. The summed E-state index contributed by atoms with van der Waals surface area (Å²) in [7, 11) is 0. The minimum Gasteiger partial charge on any atom is -0.392 e. The van der Waals surface area contributed by atoms with E-state index < -0.39 is 0 Å². The van der Waals surface area contributed by atoms with E-state index in [9.17, 15) is 5.11 Å². The highest BCUT2D eigenvalue weighted by Gasteiger charge is 2.41. The van der Waals surface area contributed by atoms with Gasteiger partial charge in [-0.1, -0.05) is 34.6 Å². The molecular weight excluding hydrogens is 246 g/mol. The zero-order valence-corrected chi connectivity index (χ0v) is 14.3. The molecule has 0 aromatic heterocycles. The van der Waals surface area contributed by atoms with Crippen molar-refractivity contribution in [2.75, 3.05) is 19.6 Å². The van der Waals surface area contributed by atoms with E-state index in [1.807, 2.05) is 0 Å². The number of hydrogen-bond acceptors (Lipinski definition) is 2. The fourth-order valence-electron chi connectivity index (χ4n) is 4.23.